The molecule has 1 N–H and O–H groups in total. The third-order valence-corrected chi connectivity index (χ3v) is 1.56. The van der Waals surface area contributed by atoms with E-state index in [1.165, 1.54) is 18.2 Å². The van der Waals surface area contributed by atoms with Gasteiger partial charge in [-0.1, -0.05) is 8.88 Å². The fraction of sp³-hybridized carbons (Fsp3) is 0. The fourth-order valence-corrected chi connectivity index (χ4v) is 1.01. The number of halogens is 2. The van der Waals surface area contributed by atoms with E-state index in [2.05, 4.69) is 18.7 Å². The van der Waals surface area contributed by atoms with Crippen molar-refractivity contribution < 1.29 is 28.6 Å². The topological polar surface area (TPSA) is 74.2 Å². The van der Waals surface area contributed by atoms with E-state index in [0.717, 1.165) is 0 Å². The minimum atomic E-state index is -1.21. The second-order valence-corrected chi connectivity index (χ2v) is 2.51. The van der Waals surface area contributed by atoms with Gasteiger partial charge < -0.3 is 14.9 Å². The number of carboxylic acids is 1. The van der Waals surface area contributed by atoms with Crippen molar-refractivity contribution in [2.45, 2.75) is 0 Å². The lowest BCUT2D eigenvalue weighted by Crippen LogP contribution is -2.01. The minimum absolute atomic E-state index is 0.124. The Balaban J connectivity index is 3.03. The Labute approximate surface area is 94.0 Å². The third kappa shape index (κ3) is 3.14. The van der Waals surface area contributed by atoms with Gasteiger partial charge in [-0.3, -0.25) is 0 Å². The van der Waals surface area contributed by atoms with Gasteiger partial charge in [0.2, 0.25) is 0 Å². The Bertz CT molecular complexity index is 355. The van der Waals surface area contributed by atoms with Crippen LogP contribution in [-0.2, 0) is 8.88 Å². The second-order valence-electron chi connectivity index (χ2n) is 2.26. The van der Waals surface area contributed by atoms with Gasteiger partial charge in [0.25, 0.3) is 0 Å². The predicted molar refractivity (Wildman–Crippen MR) is 48.5 cm³/mol. The number of benzene rings is 1. The highest BCUT2D eigenvalue weighted by Crippen LogP contribution is 2.25. The van der Waals surface area contributed by atoms with Crippen molar-refractivity contribution in [1.29, 1.82) is 0 Å². The molecule has 0 unspecified atom stereocenters. The van der Waals surface area contributed by atoms with Gasteiger partial charge in [0.1, 0.15) is 29.3 Å². The zero-order chi connectivity index (χ0) is 11.3. The molecular formula is C7H4Cl2O6. The van der Waals surface area contributed by atoms with E-state index in [-0.39, 0.29) is 17.1 Å². The number of hydrogen-bond donors (Lipinski definition) is 1. The van der Waals surface area contributed by atoms with E-state index in [1.807, 2.05) is 0 Å². The molecule has 0 bridgehead atoms. The predicted octanol–water partition coefficient (Wildman–Crippen LogP) is 2.31. The van der Waals surface area contributed by atoms with Crippen molar-refractivity contribution in [3.05, 3.63) is 23.8 Å². The maximum absolute atomic E-state index is 10.7. The first kappa shape index (κ1) is 11.9. The maximum Gasteiger partial charge on any atom is 0.339 e. The molecule has 0 aliphatic heterocycles. The molecule has 6 nitrogen and oxygen atoms in total. The van der Waals surface area contributed by atoms with Crippen molar-refractivity contribution in [3.8, 4) is 11.5 Å². The van der Waals surface area contributed by atoms with Crippen LogP contribution >= 0.6 is 23.7 Å². The molecule has 0 saturated carbocycles. The zero-order valence-corrected chi connectivity index (χ0v) is 8.49. The molecule has 0 saturated heterocycles. The summed E-state index contributed by atoms with van der Waals surface area (Å²) in [5.41, 5.74) is -0.155. The summed E-state index contributed by atoms with van der Waals surface area (Å²) in [7, 11) is 0. The highest BCUT2D eigenvalue weighted by atomic mass is 35.5. The van der Waals surface area contributed by atoms with Gasteiger partial charge in [-0.15, -0.1) is 0 Å². The molecule has 82 valence electrons. The largest absolute Gasteiger partial charge is 0.478 e. The molecule has 0 aromatic heterocycles. The van der Waals surface area contributed by atoms with Crippen LogP contribution in [0, 0.1) is 0 Å². The molecule has 1 rings (SSSR count). The summed E-state index contributed by atoms with van der Waals surface area (Å²) in [6.45, 7) is 0. The summed E-state index contributed by atoms with van der Waals surface area (Å²) in [4.78, 5) is 19.5. The van der Waals surface area contributed by atoms with Crippen molar-refractivity contribution in [2.24, 2.45) is 0 Å². The molecule has 0 aliphatic rings. The molecule has 0 fully saturated rings. The Morgan fingerprint density at radius 1 is 1.20 bits per heavy atom. The Kier molecular flexibility index (Phi) is 4.44. The summed E-state index contributed by atoms with van der Waals surface area (Å²) in [5, 5.41) is 8.74. The van der Waals surface area contributed by atoms with E-state index < -0.39 is 5.97 Å². The number of carboxylic acid groups (broad SMARTS) is 1. The highest BCUT2D eigenvalue weighted by Gasteiger charge is 2.14. The molecule has 0 aliphatic carbocycles. The van der Waals surface area contributed by atoms with Crippen LogP contribution in [0.3, 0.4) is 0 Å². The van der Waals surface area contributed by atoms with Crippen LogP contribution in [0.25, 0.3) is 0 Å². The summed E-state index contributed by atoms with van der Waals surface area (Å²) in [6.07, 6.45) is 0. The van der Waals surface area contributed by atoms with Crippen LogP contribution in [0.2, 0.25) is 0 Å². The molecule has 0 atom stereocenters. The molecule has 0 amide bonds. The minimum Gasteiger partial charge on any atom is -0.478 e. The van der Waals surface area contributed by atoms with E-state index >= 15 is 0 Å². The molecule has 1 aromatic rings. The van der Waals surface area contributed by atoms with E-state index in [9.17, 15) is 4.79 Å². The van der Waals surface area contributed by atoms with Gasteiger partial charge in [0.15, 0.2) is 11.5 Å². The van der Waals surface area contributed by atoms with Crippen LogP contribution in [0.1, 0.15) is 10.4 Å². The monoisotopic (exact) mass is 254 g/mol. The van der Waals surface area contributed by atoms with Crippen LogP contribution in [0.4, 0.5) is 0 Å². The van der Waals surface area contributed by atoms with Crippen molar-refractivity contribution >= 4 is 29.7 Å². The van der Waals surface area contributed by atoms with Crippen LogP contribution in [0.5, 0.6) is 11.5 Å². The first-order chi connectivity index (χ1) is 7.19. The summed E-state index contributed by atoms with van der Waals surface area (Å²) in [5.74, 6) is -1.24. The number of hydrogen-bond acceptors (Lipinski definition) is 5. The summed E-state index contributed by atoms with van der Waals surface area (Å²) in [6, 6.07) is 3.69. The first-order valence-electron chi connectivity index (χ1n) is 3.47. The van der Waals surface area contributed by atoms with Gasteiger partial charge in [0, 0.05) is 6.07 Å². The molecular weight excluding hydrogens is 251 g/mol. The van der Waals surface area contributed by atoms with Crippen molar-refractivity contribution in [2.75, 3.05) is 0 Å². The van der Waals surface area contributed by atoms with Gasteiger partial charge in [0.05, 0.1) is 0 Å². The normalized spacial score (nSPS) is 9.73. The third-order valence-electron chi connectivity index (χ3n) is 1.43. The van der Waals surface area contributed by atoms with Crippen molar-refractivity contribution in [3.63, 3.8) is 0 Å². The molecule has 1 aromatic carbocycles. The number of aromatic carboxylic acids is 1. The van der Waals surface area contributed by atoms with Crippen LogP contribution < -0.4 is 9.78 Å². The van der Waals surface area contributed by atoms with E-state index in [4.69, 9.17) is 28.8 Å². The molecule has 0 heterocycles. The maximum atomic E-state index is 10.7. The standard InChI is InChI=1S/C7H4Cl2O6/c8-14-12-4-1-2-5(7(10)11)6(3-4)13-15-9/h1-3H,(H,10,11). The average molecular weight is 255 g/mol. The van der Waals surface area contributed by atoms with E-state index in [0.29, 0.717) is 0 Å². The molecule has 8 heteroatoms. The SMILES string of the molecule is O=C(O)c1ccc(OOCl)cc1OOCl. The molecule has 0 radical (unpaired) electrons. The molecule has 15 heavy (non-hydrogen) atoms. The van der Waals surface area contributed by atoms with E-state index in [1.54, 1.807) is 0 Å². The van der Waals surface area contributed by atoms with Crippen molar-refractivity contribution in [1.82, 2.24) is 0 Å². The second kappa shape index (κ2) is 5.62. The lowest BCUT2D eigenvalue weighted by Gasteiger charge is -2.05. The van der Waals surface area contributed by atoms with Gasteiger partial charge in [-0.25, -0.2) is 4.79 Å². The smallest absolute Gasteiger partial charge is 0.339 e. The summed E-state index contributed by atoms with van der Waals surface area (Å²) >= 11 is 9.66. The number of carbonyl (C=O) groups is 1. The molecule has 0 spiro atoms. The van der Waals surface area contributed by atoms with Crippen LogP contribution in [0.15, 0.2) is 18.2 Å². The Morgan fingerprint density at radius 2 is 1.87 bits per heavy atom. The lowest BCUT2D eigenvalue weighted by atomic mass is 10.2. The zero-order valence-electron chi connectivity index (χ0n) is 6.98. The average Bonchev–Trinajstić information content (AvgIpc) is 2.18. The summed E-state index contributed by atoms with van der Waals surface area (Å²) < 4.78 is 7.69. The lowest BCUT2D eigenvalue weighted by molar-refractivity contribution is -0.0999. The van der Waals surface area contributed by atoms with Gasteiger partial charge in [-0.05, 0) is 12.1 Å². The highest BCUT2D eigenvalue weighted by molar-refractivity contribution is 6.07. The Hall–Kier alpha value is -1.21. The fourth-order valence-electron chi connectivity index (χ4n) is 0.870. The quantitative estimate of drug-likeness (QED) is 0.642. The first-order valence-corrected chi connectivity index (χ1v) is 4.08. The van der Waals surface area contributed by atoms with Crippen LogP contribution in [-0.4, -0.2) is 11.1 Å². The van der Waals surface area contributed by atoms with Gasteiger partial charge >= 0.3 is 5.97 Å². The Morgan fingerprint density at radius 3 is 2.40 bits per heavy atom. The number of rotatable bonds is 5. The van der Waals surface area contributed by atoms with Gasteiger partial charge in [-0.2, -0.15) is 0 Å².